The van der Waals surface area contributed by atoms with Crippen molar-refractivity contribution in [1.29, 1.82) is 0 Å². The van der Waals surface area contributed by atoms with Crippen LogP contribution in [0.2, 0.25) is 0 Å². The fourth-order valence-electron chi connectivity index (χ4n) is 1.52. The average Bonchev–Trinajstić information content (AvgIpc) is 2.87. The van der Waals surface area contributed by atoms with Gasteiger partial charge in [0.1, 0.15) is 0 Å². The molecule has 2 heteroatoms. The molecule has 64 valence electrons. The van der Waals surface area contributed by atoms with E-state index in [9.17, 15) is 0 Å². The second-order valence-corrected chi connectivity index (χ2v) is 3.49. The van der Waals surface area contributed by atoms with Crippen LogP contribution in [-0.4, -0.2) is 23.9 Å². The van der Waals surface area contributed by atoms with E-state index in [0.717, 1.165) is 12.4 Å². The topological polar surface area (TPSA) is 3.01 Å². The summed E-state index contributed by atoms with van der Waals surface area (Å²) in [5, 5.41) is 0. The fraction of sp³-hybridized carbons (Fsp3) is 0.400. The zero-order chi connectivity index (χ0) is 8.39. The van der Waals surface area contributed by atoms with Crippen molar-refractivity contribution in [2.45, 2.75) is 6.04 Å². The maximum absolute atomic E-state index is 5.65. The summed E-state index contributed by atoms with van der Waals surface area (Å²) in [5.74, 6) is 0.739. The highest BCUT2D eigenvalue weighted by Gasteiger charge is 2.33. The van der Waals surface area contributed by atoms with Crippen molar-refractivity contribution in [3.05, 3.63) is 35.9 Å². The summed E-state index contributed by atoms with van der Waals surface area (Å²) in [6.07, 6.45) is 0. The van der Waals surface area contributed by atoms with E-state index in [4.69, 9.17) is 11.6 Å². The van der Waals surface area contributed by atoms with Gasteiger partial charge in [-0.2, -0.15) is 0 Å². The molecule has 12 heavy (non-hydrogen) atoms. The number of hydrogen-bond acceptors (Lipinski definition) is 1. The Balaban J connectivity index is 1.97. The molecule has 0 spiro atoms. The van der Waals surface area contributed by atoms with E-state index in [2.05, 4.69) is 35.2 Å². The number of rotatable bonds is 3. The smallest absolute Gasteiger partial charge is 0.0476 e. The highest BCUT2D eigenvalue weighted by Crippen LogP contribution is 2.33. The van der Waals surface area contributed by atoms with Crippen LogP contribution in [0.15, 0.2) is 30.3 Å². The Labute approximate surface area is 77.9 Å². The second-order valence-electron chi connectivity index (χ2n) is 3.11. The molecule has 1 heterocycles. The molecule has 0 saturated carbocycles. The molecule has 1 aromatic rings. The first kappa shape index (κ1) is 8.09. The van der Waals surface area contributed by atoms with Gasteiger partial charge in [0.2, 0.25) is 0 Å². The van der Waals surface area contributed by atoms with Crippen LogP contribution >= 0.6 is 11.6 Å². The molecule has 0 aliphatic carbocycles. The van der Waals surface area contributed by atoms with Gasteiger partial charge in [0, 0.05) is 25.0 Å². The van der Waals surface area contributed by atoms with Crippen LogP contribution in [0.4, 0.5) is 0 Å². The Hall–Kier alpha value is -0.530. The molecule has 1 aliphatic rings. The van der Waals surface area contributed by atoms with Crippen molar-refractivity contribution in [2.75, 3.05) is 19.0 Å². The van der Waals surface area contributed by atoms with Gasteiger partial charge < -0.3 is 0 Å². The minimum absolute atomic E-state index is 0.643. The molecule has 1 nitrogen and oxygen atoms in total. The van der Waals surface area contributed by atoms with Crippen molar-refractivity contribution in [1.82, 2.24) is 4.90 Å². The van der Waals surface area contributed by atoms with Gasteiger partial charge in [0.25, 0.3) is 0 Å². The molecule has 1 aromatic carbocycles. The second kappa shape index (κ2) is 3.46. The Morgan fingerprint density at radius 2 is 2.08 bits per heavy atom. The Kier molecular flexibility index (Phi) is 2.33. The molecule has 1 aliphatic heterocycles. The molecule has 0 aromatic heterocycles. The molecule has 0 N–H and O–H groups in total. The van der Waals surface area contributed by atoms with Gasteiger partial charge in [-0.25, -0.2) is 0 Å². The molecule has 0 radical (unpaired) electrons. The lowest BCUT2D eigenvalue weighted by Crippen LogP contribution is -2.01. The van der Waals surface area contributed by atoms with E-state index in [1.54, 1.807) is 0 Å². The summed E-state index contributed by atoms with van der Waals surface area (Å²) >= 11 is 5.65. The monoisotopic (exact) mass is 181 g/mol. The lowest BCUT2D eigenvalue weighted by molar-refractivity contribution is 0.547. The van der Waals surface area contributed by atoms with Gasteiger partial charge in [0.05, 0.1) is 0 Å². The summed E-state index contributed by atoms with van der Waals surface area (Å²) in [6, 6.07) is 11.2. The predicted octanol–water partition coefficient (Wildman–Crippen LogP) is 2.28. The third kappa shape index (κ3) is 1.62. The molecular weight excluding hydrogens is 170 g/mol. The van der Waals surface area contributed by atoms with Crippen molar-refractivity contribution in [3.8, 4) is 0 Å². The van der Waals surface area contributed by atoms with E-state index in [1.165, 1.54) is 12.1 Å². The largest absolute Gasteiger partial charge is 0.292 e. The van der Waals surface area contributed by atoms with Crippen molar-refractivity contribution in [3.63, 3.8) is 0 Å². The van der Waals surface area contributed by atoms with Crippen molar-refractivity contribution < 1.29 is 0 Å². The zero-order valence-corrected chi connectivity index (χ0v) is 7.67. The van der Waals surface area contributed by atoms with Gasteiger partial charge in [-0.3, -0.25) is 4.90 Å². The van der Waals surface area contributed by atoms with Gasteiger partial charge in [-0.15, -0.1) is 11.6 Å². The molecule has 2 atom stereocenters. The Morgan fingerprint density at radius 3 is 2.75 bits per heavy atom. The number of benzene rings is 1. The Bertz CT molecular complexity index is 247. The normalized spacial score (nSPS) is 27.1. The molecule has 2 rings (SSSR count). The van der Waals surface area contributed by atoms with E-state index in [0.29, 0.717) is 6.04 Å². The number of halogens is 1. The molecule has 1 fully saturated rings. The summed E-state index contributed by atoms with van der Waals surface area (Å²) < 4.78 is 0. The van der Waals surface area contributed by atoms with Crippen LogP contribution in [0.1, 0.15) is 11.6 Å². The quantitative estimate of drug-likeness (QED) is 0.511. The minimum atomic E-state index is 0.643. The third-order valence-corrected chi connectivity index (χ3v) is 2.44. The maximum Gasteiger partial charge on any atom is 0.0476 e. The van der Waals surface area contributed by atoms with Gasteiger partial charge >= 0.3 is 0 Å². The standard InChI is InChI=1S/C10H12ClN/c11-6-7-12-8-10(12)9-4-2-1-3-5-9/h1-5,10H,6-8H2. The molecule has 0 bridgehead atoms. The molecule has 1 saturated heterocycles. The highest BCUT2D eigenvalue weighted by atomic mass is 35.5. The summed E-state index contributed by atoms with van der Waals surface area (Å²) in [7, 11) is 0. The summed E-state index contributed by atoms with van der Waals surface area (Å²) in [5.41, 5.74) is 1.42. The van der Waals surface area contributed by atoms with E-state index < -0.39 is 0 Å². The van der Waals surface area contributed by atoms with E-state index in [-0.39, 0.29) is 0 Å². The highest BCUT2D eigenvalue weighted by molar-refractivity contribution is 6.18. The summed E-state index contributed by atoms with van der Waals surface area (Å²) in [6.45, 7) is 2.19. The van der Waals surface area contributed by atoms with Gasteiger partial charge in [-0.05, 0) is 5.56 Å². The number of nitrogens with zero attached hydrogens (tertiary/aromatic N) is 1. The van der Waals surface area contributed by atoms with Crippen LogP contribution in [-0.2, 0) is 0 Å². The van der Waals surface area contributed by atoms with Crippen molar-refractivity contribution >= 4 is 11.6 Å². The Morgan fingerprint density at radius 1 is 1.33 bits per heavy atom. The lowest BCUT2D eigenvalue weighted by Gasteiger charge is -1.99. The van der Waals surface area contributed by atoms with Crippen molar-refractivity contribution in [2.24, 2.45) is 0 Å². The average molecular weight is 182 g/mol. The fourth-order valence-corrected chi connectivity index (χ4v) is 1.74. The number of hydrogen-bond donors (Lipinski definition) is 0. The SMILES string of the molecule is ClCCN1CC1c1ccccc1. The first-order valence-corrected chi connectivity index (χ1v) is 4.80. The van der Waals surface area contributed by atoms with Crippen LogP contribution in [0, 0.1) is 0 Å². The van der Waals surface area contributed by atoms with Crippen LogP contribution < -0.4 is 0 Å². The third-order valence-electron chi connectivity index (χ3n) is 2.27. The molecule has 2 unspecified atom stereocenters. The van der Waals surface area contributed by atoms with E-state index in [1.807, 2.05) is 0 Å². The maximum atomic E-state index is 5.65. The molecule has 0 amide bonds. The lowest BCUT2D eigenvalue weighted by atomic mass is 10.2. The summed E-state index contributed by atoms with van der Waals surface area (Å²) in [4.78, 5) is 2.38. The van der Waals surface area contributed by atoms with Crippen LogP contribution in [0.25, 0.3) is 0 Å². The first-order chi connectivity index (χ1) is 5.92. The van der Waals surface area contributed by atoms with Crippen LogP contribution in [0.3, 0.4) is 0 Å². The predicted molar refractivity (Wildman–Crippen MR) is 51.5 cm³/mol. The molecular formula is C10H12ClN. The van der Waals surface area contributed by atoms with Crippen LogP contribution in [0.5, 0.6) is 0 Å². The van der Waals surface area contributed by atoms with Gasteiger partial charge in [0.15, 0.2) is 0 Å². The van der Waals surface area contributed by atoms with E-state index >= 15 is 0 Å². The minimum Gasteiger partial charge on any atom is -0.292 e. The number of alkyl halides is 1. The first-order valence-electron chi connectivity index (χ1n) is 4.27. The van der Waals surface area contributed by atoms with Gasteiger partial charge in [-0.1, -0.05) is 30.3 Å². The zero-order valence-electron chi connectivity index (χ0n) is 6.91.